The maximum Gasteiger partial charge on any atom is 0.242 e. The summed E-state index contributed by atoms with van der Waals surface area (Å²) in [6.45, 7) is 2.42. The van der Waals surface area contributed by atoms with Crippen LogP contribution in [0.5, 0.6) is 0 Å². The number of hydrogen-bond donors (Lipinski definition) is 2. The standard InChI is InChI=1S/C16H20N6O.2ClH/c1-11-4-5-22-10-13(20-14(22)6-11)8-18-16(23)15(17-2)12-7-19-21(3)9-12;;/h4-7,9-10,15,17H,8H2,1-3H3,(H,18,23);2*1H. The van der Waals surface area contributed by atoms with Crippen molar-refractivity contribution in [1.82, 2.24) is 29.8 Å². The first kappa shape index (κ1) is 21.0. The molecule has 0 aromatic carbocycles. The quantitative estimate of drug-likeness (QED) is 0.702. The average Bonchev–Trinajstić information content (AvgIpc) is 3.11. The number of carbonyl (C=O) groups is 1. The Kier molecular flexibility index (Phi) is 7.41. The highest BCUT2D eigenvalue weighted by atomic mass is 35.5. The van der Waals surface area contributed by atoms with Gasteiger partial charge in [0.05, 0.1) is 18.4 Å². The predicted molar refractivity (Wildman–Crippen MR) is 101 cm³/mol. The third-order valence-corrected chi connectivity index (χ3v) is 3.72. The van der Waals surface area contributed by atoms with E-state index in [0.29, 0.717) is 6.54 Å². The smallest absolute Gasteiger partial charge is 0.242 e. The Hall–Kier alpha value is -2.09. The molecule has 3 aromatic heterocycles. The second-order valence-electron chi connectivity index (χ2n) is 5.59. The minimum atomic E-state index is -0.428. The number of halogens is 2. The molecule has 0 spiro atoms. The predicted octanol–water partition coefficient (Wildman–Crippen LogP) is 1.80. The molecular weight excluding hydrogens is 363 g/mol. The Labute approximate surface area is 158 Å². The number of nitrogens with zero attached hydrogens (tertiary/aromatic N) is 4. The summed E-state index contributed by atoms with van der Waals surface area (Å²) >= 11 is 0. The number of hydrogen-bond acceptors (Lipinski definition) is 4. The first-order valence-corrected chi connectivity index (χ1v) is 7.44. The Morgan fingerprint density at radius 3 is 2.72 bits per heavy atom. The Morgan fingerprint density at radius 1 is 1.32 bits per heavy atom. The molecule has 9 heteroatoms. The summed E-state index contributed by atoms with van der Waals surface area (Å²) in [4.78, 5) is 16.9. The van der Waals surface area contributed by atoms with E-state index in [1.165, 1.54) is 0 Å². The lowest BCUT2D eigenvalue weighted by molar-refractivity contribution is -0.123. The minimum absolute atomic E-state index is 0. The number of carbonyl (C=O) groups excluding carboxylic acids is 1. The SMILES string of the molecule is CNC(C(=O)NCc1cn2ccc(C)cc2n1)c1cnn(C)c1.Cl.Cl. The van der Waals surface area contributed by atoms with Gasteiger partial charge in [-0.2, -0.15) is 5.10 Å². The highest BCUT2D eigenvalue weighted by molar-refractivity contribution is 5.85. The summed E-state index contributed by atoms with van der Waals surface area (Å²) in [5.74, 6) is -0.103. The van der Waals surface area contributed by atoms with Crippen molar-refractivity contribution in [1.29, 1.82) is 0 Å². The number of aromatic nitrogens is 4. The van der Waals surface area contributed by atoms with E-state index in [-0.39, 0.29) is 30.7 Å². The molecule has 136 valence electrons. The fourth-order valence-electron chi connectivity index (χ4n) is 2.54. The molecule has 7 nitrogen and oxygen atoms in total. The van der Waals surface area contributed by atoms with E-state index in [1.807, 2.05) is 49.1 Å². The van der Waals surface area contributed by atoms with Crippen molar-refractivity contribution in [3.63, 3.8) is 0 Å². The van der Waals surface area contributed by atoms with Crippen LogP contribution in [0.1, 0.15) is 22.9 Å². The fraction of sp³-hybridized carbons (Fsp3) is 0.312. The van der Waals surface area contributed by atoms with Crippen LogP contribution < -0.4 is 10.6 Å². The maximum absolute atomic E-state index is 12.4. The van der Waals surface area contributed by atoms with Gasteiger partial charge in [0.1, 0.15) is 11.7 Å². The molecule has 3 rings (SSSR count). The third-order valence-electron chi connectivity index (χ3n) is 3.72. The molecule has 0 saturated carbocycles. The van der Waals surface area contributed by atoms with Crippen LogP contribution in [0.4, 0.5) is 0 Å². The Bertz CT molecular complexity index is 844. The van der Waals surface area contributed by atoms with Crippen molar-refractivity contribution >= 4 is 36.4 Å². The van der Waals surface area contributed by atoms with Gasteiger partial charge in [0, 0.05) is 31.2 Å². The minimum Gasteiger partial charge on any atom is -0.349 e. The molecule has 1 unspecified atom stereocenters. The van der Waals surface area contributed by atoms with Gasteiger partial charge in [-0.3, -0.25) is 9.48 Å². The number of aryl methyl sites for hydroxylation is 2. The largest absolute Gasteiger partial charge is 0.349 e. The number of fused-ring (bicyclic) bond motifs is 1. The molecule has 1 atom stereocenters. The first-order chi connectivity index (χ1) is 11.1. The van der Waals surface area contributed by atoms with E-state index in [2.05, 4.69) is 20.7 Å². The fourth-order valence-corrected chi connectivity index (χ4v) is 2.54. The van der Waals surface area contributed by atoms with Crippen molar-refractivity contribution in [2.24, 2.45) is 7.05 Å². The van der Waals surface area contributed by atoms with Crippen LogP contribution in [0.3, 0.4) is 0 Å². The van der Waals surface area contributed by atoms with E-state index in [1.54, 1.807) is 17.9 Å². The van der Waals surface area contributed by atoms with Crippen molar-refractivity contribution in [3.8, 4) is 0 Å². The van der Waals surface area contributed by atoms with Crippen LogP contribution >= 0.6 is 24.8 Å². The van der Waals surface area contributed by atoms with Gasteiger partial charge >= 0.3 is 0 Å². The molecule has 0 aliphatic heterocycles. The number of amides is 1. The molecule has 0 bridgehead atoms. The molecule has 3 heterocycles. The van der Waals surface area contributed by atoms with Crippen LogP contribution in [0.2, 0.25) is 0 Å². The number of nitrogens with one attached hydrogen (secondary N) is 2. The van der Waals surface area contributed by atoms with Crippen LogP contribution in [-0.2, 0) is 18.4 Å². The van der Waals surface area contributed by atoms with E-state index in [4.69, 9.17) is 0 Å². The van der Waals surface area contributed by atoms with Gasteiger partial charge in [0.2, 0.25) is 5.91 Å². The number of rotatable bonds is 5. The second-order valence-corrected chi connectivity index (χ2v) is 5.59. The van der Waals surface area contributed by atoms with E-state index in [9.17, 15) is 4.79 Å². The van der Waals surface area contributed by atoms with Crippen molar-refractivity contribution in [2.75, 3.05) is 7.05 Å². The van der Waals surface area contributed by atoms with Gasteiger partial charge in [-0.15, -0.1) is 24.8 Å². The van der Waals surface area contributed by atoms with E-state index < -0.39 is 6.04 Å². The van der Waals surface area contributed by atoms with Crippen molar-refractivity contribution in [3.05, 3.63) is 53.7 Å². The summed E-state index contributed by atoms with van der Waals surface area (Å²) in [5, 5.41) is 10.0. The van der Waals surface area contributed by atoms with E-state index in [0.717, 1.165) is 22.5 Å². The third kappa shape index (κ3) is 4.72. The molecule has 1 amide bonds. The topological polar surface area (TPSA) is 76.2 Å². The zero-order valence-electron chi connectivity index (χ0n) is 14.3. The number of likely N-dealkylation sites (N-methyl/N-ethyl adjacent to an activating group) is 1. The molecule has 0 aliphatic carbocycles. The van der Waals surface area contributed by atoms with Gasteiger partial charge in [-0.05, 0) is 31.7 Å². The highest BCUT2D eigenvalue weighted by Crippen LogP contribution is 2.12. The van der Waals surface area contributed by atoms with Gasteiger partial charge in [0.25, 0.3) is 0 Å². The lowest BCUT2D eigenvalue weighted by atomic mass is 10.1. The van der Waals surface area contributed by atoms with Crippen LogP contribution in [0.25, 0.3) is 5.65 Å². The molecule has 3 aromatic rings. The first-order valence-electron chi connectivity index (χ1n) is 7.44. The average molecular weight is 385 g/mol. The number of pyridine rings is 1. The van der Waals surface area contributed by atoms with Crippen LogP contribution in [0.15, 0.2) is 36.9 Å². The highest BCUT2D eigenvalue weighted by Gasteiger charge is 2.20. The molecule has 2 N–H and O–H groups in total. The molecular formula is C16H22Cl2N6O. The number of imidazole rings is 1. The maximum atomic E-state index is 12.4. The summed E-state index contributed by atoms with van der Waals surface area (Å²) in [6.07, 6.45) is 7.41. The Balaban J connectivity index is 0.00000156. The van der Waals surface area contributed by atoms with Crippen LogP contribution in [0, 0.1) is 6.92 Å². The lowest BCUT2D eigenvalue weighted by Crippen LogP contribution is -2.35. The summed E-state index contributed by atoms with van der Waals surface area (Å²) in [5.41, 5.74) is 3.69. The van der Waals surface area contributed by atoms with Gasteiger partial charge in [0.15, 0.2) is 0 Å². The normalized spacial score (nSPS) is 11.5. The molecule has 0 radical (unpaired) electrons. The van der Waals surface area contributed by atoms with E-state index >= 15 is 0 Å². The molecule has 0 saturated heterocycles. The summed E-state index contributed by atoms with van der Waals surface area (Å²) < 4.78 is 3.63. The van der Waals surface area contributed by atoms with Gasteiger partial charge < -0.3 is 15.0 Å². The van der Waals surface area contributed by atoms with Crippen molar-refractivity contribution in [2.45, 2.75) is 19.5 Å². The van der Waals surface area contributed by atoms with Gasteiger partial charge in [-0.1, -0.05) is 0 Å². The zero-order chi connectivity index (χ0) is 16.4. The summed E-state index contributed by atoms with van der Waals surface area (Å²) in [7, 11) is 3.58. The Morgan fingerprint density at radius 2 is 2.08 bits per heavy atom. The molecule has 0 aliphatic rings. The monoisotopic (exact) mass is 384 g/mol. The zero-order valence-corrected chi connectivity index (χ0v) is 15.9. The molecule has 0 fully saturated rings. The van der Waals surface area contributed by atoms with Crippen molar-refractivity contribution < 1.29 is 4.79 Å². The lowest BCUT2D eigenvalue weighted by Gasteiger charge is -2.13. The summed E-state index contributed by atoms with van der Waals surface area (Å²) in [6, 6.07) is 3.61. The van der Waals surface area contributed by atoms with Crippen LogP contribution in [-0.4, -0.2) is 32.1 Å². The van der Waals surface area contributed by atoms with Gasteiger partial charge in [-0.25, -0.2) is 4.98 Å². The molecule has 25 heavy (non-hydrogen) atoms. The second kappa shape index (κ2) is 8.84.